The van der Waals surface area contributed by atoms with Crippen molar-refractivity contribution in [3.8, 4) is 0 Å². The lowest BCUT2D eigenvalue weighted by Gasteiger charge is -2.14. The van der Waals surface area contributed by atoms with E-state index in [1.54, 1.807) is 23.7 Å². The Labute approximate surface area is 89.1 Å². The molecule has 1 rings (SSSR count). The molecule has 1 aliphatic rings. The van der Waals surface area contributed by atoms with Crippen LogP contribution < -0.4 is 5.32 Å². The molecule has 1 amide bonds. The second kappa shape index (κ2) is 5.24. The summed E-state index contributed by atoms with van der Waals surface area (Å²) in [6.07, 6.45) is 0. The van der Waals surface area contributed by atoms with E-state index in [0.717, 1.165) is 18.3 Å². The molecule has 14 heavy (non-hydrogen) atoms. The molecule has 1 unspecified atom stereocenters. The van der Waals surface area contributed by atoms with Gasteiger partial charge in [0.15, 0.2) is 5.17 Å². The summed E-state index contributed by atoms with van der Waals surface area (Å²) in [6.45, 7) is 6.04. The number of nitrogens with one attached hydrogen (secondary N) is 1. The van der Waals surface area contributed by atoms with Crippen molar-refractivity contribution in [2.24, 2.45) is 4.99 Å². The van der Waals surface area contributed by atoms with Crippen LogP contribution in [0.2, 0.25) is 0 Å². The molecule has 1 aliphatic heterocycles. The minimum Gasteiger partial charge on any atom is -0.356 e. The third kappa shape index (κ3) is 3.21. The Morgan fingerprint density at radius 2 is 2.50 bits per heavy atom. The first-order valence-electron chi connectivity index (χ1n) is 4.82. The standard InChI is InChI=1S/C9H17N3OS/c1-4-12(3)8(13)6-11-9-10-5-7(2)14-9/h7H,4-6H2,1-3H3,(H,10,11). The molecule has 1 atom stereocenters. The number of amidine groups is 1. The Bertz CT molecular complexity index is 242. The molecule has 0 aliphatic carbocycles. The van der Waals surface area contributed by atoms with E-state index in [0.29, 0.717) is 11.8 Å². The van der Waals surface area contributed by atoms with Crippen LogP contribution in [0, 0.1) is 0 Å². The lowest BCUT2D eigenvalue weighted by molar-refractivity contribution is -0.128. The van der Waals surface area contributed by atoms with Crippen molar-refractivity contribution < 1.29 is 4.79 Å². The highest BCUT2D eigenvalue weighted by Crippen LogP contribution is 2.17. The van der Waals surface area contributed by atoms with Crippen LogP contribution in [0.5, 0.6) is 0 Å². The van der Waals surface area contributed by atoms with Crippen LogP contribution >= 0.6 is 11.8 Å². The zero-order chi connectivity index (χ0) is 10.6. The van der Waals surface area contributed by atoms with Gasteiger partial charge in [-0.2, -0.15) is 0 Å². The Morgan fingerprint density at radius 1 is 1.79 bits per heavy atom. The second-order valence-corrected chi connectivity index (χ2v) is 4.76. The third-order valence-electron chi connectivity index (χ3n) is 2.10. The van der Waals surface area contributed by atoms with Crippen molar-refractivity contribution in [3.63, 3.8) is 0 Å². The SMILES string of the molecule is CCN(C)C(=O)CNC1=NCC(C)S1. The zero-order valence-corrected chi connectivity index (χ0v) is 9.73. The van der Waals surface area contributed by atoms with Gasteiger partial charge in [0.25, 0.3) is 0 Å². The molecular formula is C9H17N3OS. The fourth-order valence-corrected chi connectivity index (χ4v) is 1.87. The van der Waals surface area contributed by atoms with E-state index < -0.39 is 0 Å². The van der Waals surface area contributed by atoms with E-state index in [1.807, 2.05) is 6.92 Å². The average Bonchev–Trinajstić information content (AvgIpc) is 2.59. The quantitative estimate of drug-likeness (QED) is 0.747. The van der Waals surface area contributed by atoms with Gasteiger partial charge in [-0.15, -0.1) is 0 Å². The molecule has 0 bridgehead atoms. The Kier molecular flexibility index (Phi) is 4.25. The normalized spacial score (nSPS) is 20.5. The predicted molar refractivity (Wildman–Crippen MR) is 60.7 cm³/mol. The van der Waals surface area contributed by atoms with Crippen molar-refractivity contribution in [1.29, 1.82) is 0 Å². The topological polar surface area (TPSA) is 44.7 Å². The first-order chi connectivity index (χ1) is 6.63. The molecule has 0 aromatic heterocycles. The smallest absolute Gasteiger partial charge is 0.241 e. The molecule has 0 spiro atoms. The van der Waals surface area contributed by atoms with Crippen LogP contribution in [-0.4, -0.2) is 47.9 Å². The molecule has 80 valence electrons. The maximum absolute atomic E-state index is 11.4. The van der Waals surface area contributed by atoms with Crippen LogP contribution in [0.1, 0.15) is 13.8 Å². The van der Waals surface area contributed by atoms with Gasteiger partial charge in [-0.25, -0.2) is 0 Å². The largest absolute Gasteiger partial charge is 0.356 e. The lowest BCUT2D eigenvalue weighted by atomic mass is 10.5. The summed E-state index contributed by atoms with van der Waals surface area (Å²) < 4.78 is 0. The highest BCUT2D eigenvalue weighted by Gasteiger charge is 2.15. The molecule has 1 N–H and O–H groups in total. The van der Waals surface area contributed by atoms with Gasteiger partial charge in [-0.1, -0.05) is 18.7 Å². The molecule has 0 fully saturated rings. The number of thioether (sulfide) groups is 1. The van der Waals surface area contributed by atoms with Crippen molar-refractivity contribution in [2.75, 3.05) is 26.7 Å². The molecule has 4 nitrogen and oxygen atoms in total. The molecular weight excluding hydrogens is 198 g/mol. The lowest BCUT2D eigenvalue weighted by Crippen LogP contribution is -2.36. The minimum absolute atomic E-state index is 0.107. The molecule has 0 aromatic rings. The summed E-state index contributed by atoms with van der Waals surface area (Å²) in [7, 11) is 1.80. The number of carbonyl (C=O) groups excluding carboxylic acids is 1. The summed E-state index contributed by atoms with van der Waals surface area (Å²) in [6, 6.07) is 0. The Hall–Kier alpha value is -0.710. The van der Waals surface area contributed by atoms with Gasteiger partial charge in [-0.3, -0.25) is 9.79 Å². The van der Waals surface area contributed by atoms with Gasteiger partial charge in [0.2, 0.25) is 5.91 Å². The Morgan fingerprint density at radius 3 is 3.00 bits per heavy atom. The zero-order valence-electron chi connectivity index (χ0n) is 8.91. The molecule has 0 aromatic carbocycles. The summed E-state index contributed by atoms with van der Waals surface area (Å²) in [5.74, 6) is 0.107. The van der Waals surface area contributed by atoms with Gasteiger partial charge in [0.05, 0.1) is 13.1 Å². The number of hydrogen-bond donors (Lipinski definition) is 1. The van der Waals surface area contributed by atoms with E-state index in [-0.39, 0.29) is 5.91 Å². The summed E-state index contributed by atoms with van der Waals surface area (Å²) in [5.41, 5.74) is 0. The van der Waals surface area contributed by atoms with E-state index in [1.165, 1.54) is 0 Å². The van der Waals surface area contributed by atoms with Crippen LogP contribution in [-0.2, 0) is 4.79 Å². The highest BCUT2D eigenvalue weighted by atomic mass is 32.2. The van der Waals surface area contributed by atoms with E-state index >= 15 is 0 Å². The van der Waals surface area contributed by atoms with Gasteiger partial charge < -0.3 is 10.2 Å². The van der Waals surface area contributed by atoms with Gasteiger partial charge in [-0.05, 0) is 6.92 Å². The van der Waals surface area contributed by atoms with Crippen LogP contribution in [0.15, 0.2) is 4.99 Å². The number of nitrogens with zero attached hydrogens (tertiary/aromatic N) is 2. The van der Waals surface area contributed by atoms with Gasteiger partial charge >= 0.3 is 0 Å². The number of likely N-dealkylation sites (N-methyl/N-ethyl adjacent to an activating group) is 1. The minimum atomic E-state index is 0.107. The first kappa shape index (κ1) is 11.4. The van der Waals surface area contributed by atoms with Crippen molar-refractivity contribution in [2.45, 2.75) is 19.1 Å². The number of hydrogen-bond acceptors (Lipinski definition) is 4. The van der Waals surface area contributed by atoms with Crippen LogP contribution in [0.3, 0.4) is 0 Å². The van der Waals surface area contributed by atoms with Crippen molar-refractivity contribution in [3.05, 3.63) is 0 Å². The average molecular weight is 215 g/mol. The van der Waals surface area contributed by atoms with Crippen LogP contribution in [0.4, 0.5) is 0 Å². The van der Waals surface area contributed by atoms with Crippen molar-refractivity contribution >= 4 is 22.8 Å². The summed E-state index contributed by atoms with van der Waals surface area (Å²) >= 11 is 1.69. The molecule has 0 saturated heterocycles. The molecule has 5 heteroatoms. The van der Waals surface area contributed by atoms with Crippen LogP contribution in [0.25, 0.3) is 0 Å². The summed E-state index contributed by atoms with van der Waals surface area (Å²) in [5, 5.41) is 4.49. The number of carbonyl (C=O) groups is 1. The monoisotopic (exact) mass is 215 g/mol. The highest BCUT2D eigenvalue weighted by molar-refractivity contribution is 8.14. The molecule has 1 heterocycles. The maximum atomic E-state index is 11.4. The van der Waals surface area contributed by atoms with E-state index in [4.69, 9.17) is 0 Å². The number of aliphatic imine (C=N–C) groups is 1. The summed E-state index contributed by atoms with van der Waals surface area (Å²) in [4.78, 5) is 17.4. The molecule has 0 radical (unpaired) electrons. The van der Waals surface area contributed by atoms with Crippen molar-refractivity contribution in [1.82, 2.24) is 10.2 Å². The number of amides is 1. The number of rotatable bonds is 3. The predicted octanol–water partition coefficient (Wildman–Crippen LogP) is 0.546. The maximum Gasteiger partial charge on any atom is 0.241 e. The third-order valence-corrected chi connectivity index (χ3v) is 3.14. The molecule has 0 saturated carbocycles. The fraction of sp³-hybridized carbons (Fsp3) is 0.778. The fourth-order valence-electron chi connectivity index (χ4n) is 1.04. The first-order valence-corrected chi connectivity index (χ1v) is 5.70. The van der Waals surface area contributed by atoms with E-state index in [2.05, 4.69) is 17.2 Å². The van der Waals surface area contributed by atoms with Gasteiger partial charge in [0.1, 0.15) is 0 Å². The van der Waals surface area contributed by atoms with E-state index in [9.17, 15) is 4.79 Å². The van der Waals surface area contributed by atoms with Gasteiger partial charge in [0, 0.05) is 18.8 Å². The second-order valence-electron chi connectivity index (χ2n) is 3.34. The Balaban J connectivity index is 2.24.